The Morgan fingerprint density at radius 1 is 1.12 bits per heavy atom. The number of nitrogens with zero attached hydrogens (tertiary/aromatic N) is 1. The fourth-order valence-electron chi connectivity index (χ4n) is 3.50. The molecule has 0 radical (unpaired) electrons. The number of fused-ring (bicyclic) bond motifs is 1. The molecule has 2 aromatic rings. The van der Waals surface area contributed by atoms with Crippen molar-refractivity contribution in [1.82, 2.24) is 10.3 Å². The first-order valence-corrected chi connectivity index (χ1v) is 8.03. The first kappa shape index (κ1) is 14.8. The normalized spacial score (nSPS) is 17.7. The first-order valence-electron chi connectivity index (χ1n) is 8.03. The second kappa shape index (κ2) is 5.70. The molecule has 1 aromatic heterocycles. The second-order valence-corrected chi connectivity index (χ2v) is 6.24. The second-order valence-electron chi connectivity index (χ2n) is 6.24. The van der Waals surface area contributed by atoms with E-state index in [4.69, 9.17) is 9.47 Å². The Labute approximate surface area is 139 Å². The number of hydrogen-bond acceptors (Lipinski definition) is 5. The summed E-state index contributed by atoms with van der Waals surface area (Å²) >= 11 is 0. The molecule has 124 valence electrons. The summed E-state index contributed by atoms with van der Waals surface area (Å²) in [6.07, 6.45) is 6.59. The van der Waals surface area contributed by atoms with E-state index in [1.54, 1.807) is 0 Å². The average Bonchev–Trinajstić information content (AvgIpc) is 3.23. The van der Waals surface area contributed by atoms with E-state index in [1.165, 1.54) is 18.5 Å². The van der Waals surface area contributed by atoms with Crippen molar-refractivity contribution >= 4 is 5.91 Å². The summed E-state index contributed by atoms with van der Waals surface area (Å²) in [7, 11) is 0. The van der Waals surface area contributed by atoms with Gasteiger partial charge in [-0.25, -0.2) is 0 Å². The van der Waals surface area contributed by atoms with Crippen LogP contribution in [-0.2, 0) is 5.54 Å². The third-order valence-corrected chi connectivity index (χ3v) is 4.72. The number of nitrogens with one attached hydrogen (secondary N) is 1. The molecule has 4 rings (SSSR count). The molecule has 0 saturated heterocycles. The van der Waals surface area contributed by atoms with Crippen molar-refractivity contribution in [2.45, 2.75) is 31.2 Å². The maximum atomic E-state index is 12.6. The molecule has 1 saturated carbocycles. The summed E-state index contributed by atoms with van der Waals surface area (Å²) in [5, 5.41) is 12.7. The molecule has 24 heavy (non-hydrogen) atoms. The van der Waals surface area contributed by atoms with Gasteiger partial charge in [0.15, 0.2) is 11.5 Å². The maximum absolute atomic E-state index is 12.6. The van der Waals surface area contributed by atoms with Crippen molar-refractivity contribution in [3.8, 4) is 17.2 Å². The Bertz CT molecular complexity index is 784. The number of aromatic nitrogens is 1. The van der Waals surface area contributed by atoms with Crippen LogP contribution in [-0.4, -0.2) is 22.8 Å². The van der Waals surface area contributed by atoms with Crippen molar-refractivity contribution < 1.29 is 19.4 Å². The predicted molar refractivity (Wildman–Crippen MR) is 86.1 cm³/mol. The van der Waals surface area contributed by atoms with E-state index >= 15 is 0 Å². The highest BCUT2D eigenvalue weighted by Gasteiger charge is 2.38. The molecule has 0 bridgehead atoms. The standard InChI is InChI=1S/C18H18N2O4/c21-14-7-12(9-19-10-14)17(22)20-18(5-1-2-6-18)13-3-4-15-16(8-13)24-11-23-15/h3-4,7-10,21H,1-2,5-6,11H2,(H,20,22). The molecular formula is C18H18N2O4. The van der Waals surface area contributed by atoms with E-state index in [0.29, 0.717) is 11.3 Å². The van der Waals surface area contributed by atoms with Gasteiger partial charge in [0.1, 0.15) is 5.75 Å². The number of hydrogen-bond donors (Lipinski definition) is 2. The summed E-state index contributed by atoms with van der Waals surface area (Å²) in [6, 6.07) is 7.25. The van der Waals surface area contributed by atoms with E-state index in [1.807, 2.05) is 18.2 Å². The monoisotopic (exact) mass is 326 g/mol. The van der Waals surface area contributed by atoms with Gasteiger partial charge in [-0.15, -0.1) is 0 Å². The number of benzene rings is 1. The summed E-state index contributed by atoms with van der Waals surface area (Å²) in [5.74, 6) is 1.19. The van der Waals surface area contributed by atoms with Gasteiger partial charge in [-0.05, 0) is 36.6 Å². The molecule has 2 N–H and O–H groups in total. The van der Waals surface area contributed by atoms with Crippen LogP contribution in [0, 0.1) is 0 Å². The van der Waals surface area contributed by atoms with Gasteiger partial charge in [0.25, 0.3) is 5.91 Å². The largest absolute Gasteiger partial charge is 0.506 e. The van der Waals surface area contributed by atoms with E-state index in [9.17, 15) is 9.90 Å². The number of pyridine rings is 1. The highest BCUT2D eigenvalue weighted by molar-refractivity contribution is 5.94. The average molecular weight is 326 g/mol. The van der Waals surface area contributed by atoms with Gasteiger partial charge < -0.3 is 19.9 Å². The minimum atomic E-state index is -0.427. The van der Waals surface area contributed by atoms with Gasteiger partial charge in [0, 0.05) is 6.20 Å². The predicted octanol–water partition coefficient (Wildman–Crippen LogP) is 2.72. The molecule has 2 aliphatic rings. The molecule has 1 aliphatic heterocycles. The minimum absolute atomic E-state index is 0.0220. The van der Waals surface area contributed by atoms with E-state index in [2.05, 4.69) is 10.3 Å². The Morgan fingerprint density at radius 3 is 2.71 bits per heavy atom. The zero-order valence-corrected chi connectivity index (χ0v) is 13.1. The lowest BCUT2D eigenvalue weighted by molar-refractivity contribution is 0.0897. The Balaban J connectivity index is 1.65. The molecule has 0 atom stereocenters. The van der Waals surface area contributed by atoms with Gasteiger partial charge >= 0.3 is 0 Å². The minimum Gasteiger partial charge on any atom is -0.506 e. The molecule has 1 fully saturated rings. The fourth-order valence-corrected chi connectivity index (χ4v) is 3.50. The highest BCUT2D eigenvalue weighted by atomic mass is 16.7. The molecule has 6 heteroatoms. The van der Waals surface area contributed by atoms with Crippen molar-refractivity contribution in [3.63, 3.8) is 0 Å². The molecule has 1 aromatic carbocycles. The van der Waals surface area contributed by atoms with Crippen LogP contribution in [0.2, 0.25) is 0 Å². The van der Waals surface area contributed by atoms with Crippen molar-refractivity contribution in [2.75, 3.05) is 6.79 Å². The molecule has 0 unspecified atom stereocenters. The zero-order valence-electron chi connectivity index (χ0n) is 13.1. The first-order chi connectivity index (χ1) is 11.7. The third kappa shape index (κ3) is 2.54. The molecule has 2 heterocycles. The summed E-state index contributed by atoms with van der Waals surface area (Å²) in [6.45, 7) is 0.229. The van der Waals surface area contributed by atoms with Gasteiger partial charge in [0.2, 0.25) is 6.79 Å². The summed E-state index contributed by atoms with van der Waals surface area (Å²) < 4.78 is 10.8. The zero-order chi connectivity index (χ0) is 16.6. The van der Waals surface area contributed by atoms with Crippen LogP contribution in [0.25, 0.3) is 0 Å². The summed E-state index contributed by atoms with van der Waals surface area (Å²) in [4.78, 5) is 16.5. The number of ether oxygens (including phenoxy) is 2. The van der Waals surface area contributed by atoms with Crippen molar-refractivity contribution in [3.05, 3.63) is 47.8 Å². The van der Waals surface area contributed by atoms with Crippen LogP contribution in [0.1, 0.15) is 41.6 Å². The SMILES string of the molecule is O=C(NC1(c2ccc3c(c2)OCO3)CCCC1)c1cncc(O)c1. The van der Waals surface area contributed by atoms with Gasteiger partial charge in [0.05, 0.1) is 17.3 Å². The lowest BCUT2D eigenvalue weighted by Crippen LogP contribution is -2.43. The number of amides is 1. The fraction of sp³-hybridized carbons (Fsp3) is 0.333. The van der Waals surface area contributed by atoms with Crippen LogP contribution in [0.15, 0.2) is 36.7 Å². The number of aromatic hydroxyl groups is 1. The number of carbonyl (C=O) groups excluding carboxylic acids is 1. The van der Waals surface area contributed by atoms with E-state index < -0.39 is 5.54 Å². The van der Waals surface area contributed by atoms with E-state index in [-0.39, 0.29) is 18.4 Å². The molecule has 1 aliphatic carbocycles. The van der Waals surface area contributed by atoms with Gasteiger partial charge in [-0.1, -0.05) is 18.9 Å². The third-order valence-electron chi connectivity index (χ3n) is 4.72. The van der Waals surface area contributed by atoms with Gasteiger partial charge in [-0.2, -0.15) is 0 Å². The number of carbonyl (C=O) groups is 1. The molecule has 6 nitrogen and oxygen atoms in total. The van der Waals surface area contributed by atoms with Crippen LogP contribution in [0.4, 0.5) is 0 Å². The molecular weight excluding hydrogens is 308 g/mol. The quantitative estimate of drug-likeness (QED) is 0.906. The summed E-state index contributed by atoms with van der Waals surface area (Å²) in [5.41, 5.74) is 0.941. The Morgan fingerprint density at radius 2 is 1.92 bits per heavy atom. The smallest absolute Gasteiger partial charge is 0.253 e. The lowest BCUT2D eigenvalue weighted by Gasteiger charge is -2.31. The number of rotatable bonds is 3. The van der Waals surface area contributed by atoms with Crippen molar-refractivity contribution in [1.29, 1.82) is 0 Å². The highest BCUT2D eigenvalue weighted by Crippen LogP contribution is 2.43. The van der Waals surface area contributed by atoms with Crippen LogP contribution in [0.3, 0.4) is 0 Å². The Hall–Kier alpha value is -2.76. The lowest BCUT2D eigenvalue weighted by atomic mass is 9.87. The van der Waals surface area contributed by atoms with Crippen molar-refractivity contribution in [2.24, 2.45) is 0 Å². The topological polar surface area (TPSA) is 80.7 Å². The maximum Gasteiger partial charge on any atom is 0.253 e. The molecule has 1 amide bonds. The van der Waals surface area contributed by atoms with Crippen LogP contribution >= 0.6 is 0 Å². The Kier molecular flexibility index (Phi) is 3.52. The van der Waals surface area contributed by atoms with Crippen LogP contribution in [0.5, 0.6) is 17.2 Å². The van der Waals surface area contributed by atoms with Gasteiger partial charge in [-0.3, -0.25) is 9.78 Å². The van der Waals surface area contributed by atoms with Crippen LogP contribution < -0.4 is 14.8 Å². The molecule has 0 spiro atoms. The van der Waals surface area contributed by atoms with E-state index in [0.717, 1.165) is 37.0 Å².